The van der Waals surface area contributed by atoms with Gasteiger partial charge in [0.15, 0.2) is 4.34 Å². The van der Waals surface area contributed by atoms with Gasteiger partial charge in [-0.25, -0.2) is 10.4 Å². The Kier molecular flexibility index (Phi) is 7.31. The van der Waals surface area contributed by atoms with E-state index < -0.39 is 0 Å². The van der Waals surface area contributed by atoms with Gasteiger partial charge in [-0.3, -0.25) is 4.79 Å². The van der Waals surface area contributed by atoms with E-state index in [1.165, 1.54) is 23.0 Å². The zero-order valence-corrected chi connectivity index (χ0v) is 21.8. The van der Waals surface area contributed by atoms with Crippen LogP contribution < -0.4 is 10.3 Å². The fraction of sp³-hybridized carbons (Fsp3) is 0.400. The summed E-state index contributed by atoms with van der Waals surface area (Å²) in [5.74, 6) is 0.508. The molecule has 1 aliphatic rings. The minimum absolute atomic E-state index is 0.0935. The summed E-state index contributed by atoms with van der Waals surface area (Å²) in [6.07, 6.45) is 3.80. The number of benzene rings is 2. The molecule has 8 heteroatoms. The molecule has 0 saturated carbocycles. The van der Waals surface area contributed by atoms with Crippen LogP contribution in [0.2, 0.25) is 5.02 Å². The Morgan fingerprint density at radius 1 is 1.39 bits per heavy atom. The van der Waals surface area contributed by atoms with Gasteiger partial charge in [0.05, 0.1) is 27.2 Å². The number of hydrogen-bond donors (Lipinski definition) is 1. The Morgan fingerprint density at radius 2 is 2.18 bits per heavy atom. The zero-order valence-electron chi connectivity index (χ0n) is 19.4. The van der Waals surface area contributed by atoms with Gasteiger partial charge in [0, 0.05) is 23.3 Å². The third-order valence-electron chi connectivity index (χ3n) is 5.95. The van der Waals surface area contributed by atoms with E-state index >= 15 is 0 Å². The van der Waals surface area contributed by atoms with Crippen LogP contribution in [0.25, 0.3) is 10.2 Å². The fourth-order valence-corrected chi connectivity index (χ4v) is 6.58. The van der Waals surface area contributed by atoms with Crippen LogP contribution in [0.5, 0.6) is 0 Å². The number of rotatable bonds is 7. The molecule has 0 spiro atoms. The van der Waals surface area contributed by atoms with Crippen LogP contribution in [0, 0.1) is 0 Å². The number of anilines is 1. The number of nitrogens with one attached hydrogen (secondary N) is 1. The largest absolute Gasteiger partial charge is 0.366 e. The number of carbonyl (C=O) groups excluding carboxylic acids is 1. The maximum Gasteiger partial charge on any atom is 0.250 e. The van der Waals surface area contributed by atoms with Crippen molar-refractivity contribution in [2.24, 2.45) is 5.10 Å². The quantitative estimate of drug-likeness (QED) is 0.223. The molecule has 1 amide bonds. The number of hydrogen-bond acceptors (Lipinski definition) is 6. The number of para-hydroxylation sites is 1. The van der Waals surface area contributed by atoms with E-state index in [9.17, 15) is 4.79 Å². The van der Waals surface area contributed by atoms with Crippen LogP contribution in [0.4, 0.5) is 5.69 Å². The maximum absolute atomic E-state index is 12.3. The summed E-state index contributed by atoms with van der Waals surface area (Å²) in [6.45, 7) is 10.1. The molecular formula is C25H29ClN4OS2. The molecule has 5 nitrogen and oxygen atoms in total. The Labute approximate surface area is 208 Å². The molecular weight excluding hydrogens is 472 g/mol. The summed E-state index contributed by atoms with van der Waals surface area (Å²) in [4.78, 5) is 19.3. The van der Waals surface area contributed by atoms with Crippen molar-refractivity contribution in [3.05, 3.63) is 52.5 Å². The molecule has 1 atom stereocenters. The Morgan fingerprint density at radius 3 is 2.94 bits per heavy atom. The zero-order chi connectivity index (χ0) is 23.6. The summed E-state index contributed by atoms with van der Waals surface area (Å²) in [5.41, 5.74) is 6.97. The van der Waals surface area contributed by atoms with Gasteiger partial charge < -0.3 is 4.90 Å². The Hall–Kier alpha value is -2.09. The molecule has 1 aromatic heterocycles. The lowest BCUT2D eigenvalue weighted by molar-refractivity contribution is -0.118. The normalized spacial score (nSPS) is 17.5. The second kappa shape index (κ2) is 10.0. The molecule has 0 bridgehead atoms. The van der Waals surface area contributed by atoms with Crippen LogP contribution in [0.1, 0.15) is 57.6 Å². The van der Waals surface area contributed by atoms with Crippen LogP contribution in [-0.2, 0) is 4.79 Å². The molecule has 174 valence electrons. The standard InChI is InChI=1S/C25H29ClN4OS2/c1-5-10-30-21-12-19(26)17(11-18(21)16(2)13-25(30,3)4)14-27-29-23(31)15-32-24-28-20-8-6-7-9-22(20)33-24/h6-9,11-12,14,16H,5,10,13,15H2,1-4H3,(H,29,31)/b27-14+. The van der Waals surface area contributed by atoms with Crippen molar-refractivity contribution in [1.29, 1.82) is 0 Å². The lowest BCUT2D eigenvalue weighted by Crippen LogP contribution is -2.48. The minimum atomic E-state index is -0.172. The number of fused-ring (bicyclic) bond motifs is 2. The maximum atomic E-state index is 12.3. The van der Waals surface area contributed by atoms with Gasteiger partial charge in [0.25, 0.3) is 5.91 Å². The second-order valence-corrected chi connectivity index (χ2v) is 11.7. The Balaban J connectivity index is 1.41. The molecule has 0 radical (unpaired) electrons. The highest BCUT2D eigenvalue weighted by atomic mass is 35.5. The summed E-state index contributed by atoms with van der Waals surface area (Å²) in [6, 6.07) is 12.1. The molecule has 1 N–H and O–H groups in total. The highest BCUT2D eigenvalue weighted by Gasteiger charge is 2.36. The van der Waals surface area contributed by atoms with Crippen LogP contribution in [0.3, 0.4) is 0 Å². The number of carbonyl (C=O) groups is 1. The molecule has 2 heterocycles. The second-order valence-electron chi connectivity index (χ2n) is 9.03. The number of amides is 1. The average molecular weight is 501 g/mol. The smallest absolute Gasteiger partial charge is 0.250 e. The molecule has 0 saturated heterocycles. The monoisotopic (exact) mass is 500 g/mol. The van der Waals surface area contributed by atoms with Gasteiger partial charge in [-0.2, -0.15) is 5.10 Å². The van der Waals surface area contributed by atoms with Gasteiger partial charge in [-0.05, 0) is 62.4 Å². The van der Waals surface area contributed by atoms with Crippen molar-refractivity contribution >= 4 is 62.7 Å². The lowest BCUT2D eigenvalue weighted by Gasteiger charge is -2.47. The van der Waals surface area contributed by atoms with Gasteiger partial charge in [0.2, 0.25) is 0 Å². The minimum Gasteiger partial charge on any atom is -0.366 e. The van der Waals surface area contributed by atoms with E-state index in [1.807, 2.05) is 24.3 Å². The van der Waals surface area contributed by atoms with E-state index in [-0.39, 0.29) is 17.2 Å². The topological polar surface area (TPSA) is 57.6 Å². The van der Waals surface area contributed by atoms with E-state index in [4.69, 9.17) is 11.6 Å². The van der Waals surface area contributed by atoms with Crippen LogP contribution in [-0.4, -0.2) is 34.9 Å². The predicted octanol–water partition coefficient (Wildman–Crippen LogP) is 6.69. The van der Waals surface area contributed by atoms with Crippen molar-refractivity contribution in [2.45, 2.75) is 56.3 Å². The first kappa shape index (κ1) is 24.0. The third kappa shape index (κ3) is 5.36. The van der Waals surface area contributed by atoms with Crippen molar-refractivity contribution in [2.75, 3.05) is 17.2 Å². The highest BCUT2D eigenvalue weighted by molar-refractivity contribution is 8.01. The van der Waals surface area contributed by atoms with Gasteiger partial charge >= 0.3 is 0 Å². The molecule has 2 aromatic carbocycles. The first-order valence-electron chi connectivity index (χ1n) is 11.2. The number of aromatic nitrogens is 1. The molecule has 33 heavy (non-hydrogen) atoms. The van der Waals surface area contributed by atoms with Gasteiger partial charge in [0.1, 0.15) is 0 Å². The van der Waals surface area contributed by atoms with Crippen molar-refractivity contribution in [3.8, 4) is 0 Å². The van der Waals surface area contributed by atoms with E-state index in [0.29, 0.717) is 10.9 Å². The molecule has 1 aliphatic heterocycles. The predicted molar refractivity (Wildman–Crippen MR) is 142 cm³/mol. The highest BCUT2D eigenvalue weighted by Crippen LogP contribution is 2.45. The van der Waals surface area contributed by atoms with Crippen molar-refractivity contribution in [3.63, 3.8) is 0 Å². The first-order chi connectivity index (χ1) is 15.8. The first-order valence-corrected chi connectivity index (χ1v) is 13.4. The third-order valence-corrected chi connectivity index (χ3v) is 8.45. The summed E-state index contributed by atoms with van der Waals surface area (Å²) >= 11 is 9.63. The Bertz CT molecular complexity index is 1160. The van der Waals surface area contributed by atoms with E-state index in [2.05, 4.69) is 60.2 Å². The summed E-state index contributed by atoms with van der Waals surface area (Å²) < 4.78 is 2.00. The van der Waals surface area contributed by atoms with Crippen LogP contribution in [0.15, 0.2) is 45.8 Å². The summed E-state index contributed by atoms with van der Waals surface area (Å²) in [5, 5.41) is 4.80. The molecule has 3 aromatic rings. The van der Waals surface area contributed by atoms with Gasteiger partial charge in [-0.1, -0.05) is 49.3 Å². The molecule has 1 unspecified atom stereocenters. The summed E-state index contributed by atoms with van der Waals surface area (Å²) in [7, 11) is 0. The van der Waals surface area contributed by atoms with E-state index in [0.717, 1.165) is 39.5 Å². The SMILES string of the molecule is CCCN1c2cc(Cl)c(/C=N/NC(=O)CSc3nc4ccccc4s3)cc2C(C)CC1(C)C. The molecule has 4 rings (SSSR count). The van der Waals surface area contributed by atoms with Gasteiger partial charge in [-0.15, -0.1) is 11.3 Å². The number of thioether (sulfide) groups is 1. The van der Waals surface area contributed by atoms with E-state index in [1.54, 1.807) is 17.6 Å². The number of thiazole rings is 1. The average Bonchev–Trinajstić information content (AvgIpc) is 3.19. The number of nitrogens with zero attached hydrogens (tertiary/aromatic N) is 3. The van der Waals surface area contributed by atoms with Crippen LogP contribution >= 0.6 is 34.7 Å². The number of hydrazone groups is 1. The fourth-order valence-electron chi connectivity index (χ4n) is 4.51. The molecule has 0 aliphatic carbocycles. The lowest BCUT2D eigenvalue weighted by atomic mass is 9.79. The molecule has 0 fully saturated rings. The van der Waals surface area contributed by atoms with Crippen molar-refractivity contribution in [1.82, 2.24) is 10.4 Å². The number of halogens is 1. The van der Waals surface area contributed by atoms with Crippen molar-refractivity contribution < 1.29 is 4.79 Å².